The van der Waals surface area contributed by atoms with Gasteiger partial charge in [0.15, 0.2) is 5.78 Å². The van der Waals surface area contributed by atoms with Gasteiger partial charge in [0.2, 0.25) is 5.91 Å². The fraction of sp³-hybridized carbons (Fsp3) is 0.429. The number of nitrogens with zero attached hydrogens (tertiary/aromatic N) is 1. The lowest BCUT2D eigenvalue weighted by molar-refractivity contribution is -0.125. The number of methoxy groups -OCH3 is 1. The number of benzene rings is 1. The first kappa shape index (κ1) is 13.5. The van der Waals surface area contributed by atoms with Crippen molar-refractivity contribution in [1.29, 1.82) is 0 Å². The van der Waals surface area contributed by atoms with Crippen molar-refractivity contribution in [3.8, 4) is 5.75 Å². The Morgan fingerprint density at radius 2 is 2.05 bits per heavy atom. The monoisotopic (exact) mass is 265 g/mol. The Kier molecular flexibility index (Phi) is 4.14. The number of amides is 1. The van der Waals surface area contributed by atoms with E-state index in [1.165, 1.54) is 25.3 Å². The molecule has 1 aliphatic heterocycles. The minimum atomic E-state index is -0.468. The van der Waals surface area contributed by atoms with Crippen molar-refractivity contribution in [3.63, 3.8) is 0 Å². The fourth-order valence-electron chi connectivity index (χ4n) is 1.89. The van der Waals surface area contributed by atoms with E-state index in [0.29, 0.717) is 18.6 Å². The van der Waals surface area contributed by atoms with Crippen LogP contribution >= 0.6 is 0 Å². The number of halogens is 1. The highest BCUT2D eigenvalue weighted by Crippen LogP contribution is 2.22. The summed E-state index contributed by atoms with van der Waals surface area (Å²) in [5, 5.41) is 0. The second-order valence-corrected chi connectivity index (χ2v) is 4.50. The van der Waals surface area contributed by atoms with Crippen LogP contribution in [0.2, 0.25) is 0 Å². The molecule has 4 nitrogen and oxygen atoms in total. The molecule has 1 aromatic rings. The third-order valence-corrected chi connectivity index (χ3v) is 3.06. The predicted molar refractivity (Wildman–Crippen MR) is 67.7 cm³/mol. The third kappa shape index (κ3) is 3.53. The van der Waals surface area contributed by atoms with Crippen molar-refractivity contribution in [1.82, 2.24) is 4.90 Å². The summed E-state index contributed by atoms with van der Waals surface area (Å²) in [5.74, 6) is -0.220. The number of ketones is 1. The highest BCUT2D eigenvalue weighted by atomic mass is 19.1. The highest BCUT2D eigenvalue weighted by molar-refractivity contribution is 5.98. The number of carbonyl (C=O) groups excluding carboxylic acids is 2. The van der Waals surface area contributed by atoms with Crippen LogP contribution in [0.15, 0.2) is 18.2 Å². The zero-order valence-corrected chi connectivity index (χ0v) is 10.8. The van der Waals surface area contributed by atoms with Crippen LogP contribution in [0.4, 0.5) is 4.39 Å². The Bertz CT molecular complexity index is 497. The van der Waals surface area contributed by atoms with Crippen molar-refractivity contribution >= 4 is 11.7 Å². The molecule has 0 spiro atoms. The Labute approximate surface area is 111 Å². The van der Waals surface area contributed by atoms with Crippen molar-refractivity contribution < 1.29 is 18.7 Å². The van der Waals surface area contributed by atoms with Gasteiger partial charge in [-0.1, -0.05) is 0 Å². The van der Waals surface area contributed by atoms with E-state index in [4.69, 9.17) is 4.74 Å². The van der Waals surface area contributed by atoms with E-state index in [1.807, 2.05) is 0 Å². The van der Waals surface area contributed by atoms with Gasteiger partial charge in [-0.15, -0.1) is 0 Å². The molecule has 1 fully saturated rings. The lowest BCUT2D eigenvalue weighted by atomic mass is 10.0. The molecule has 1 aliphatic rings. The van der Waals surface area contributed by atoms with Gasteiger partial charge < -0.3 is 9.64 Å². The summed E-state index contributed by atoms with van der Waals surface area (Å²) in [7, 11) is 1.44. The topological polar surface area (TPSA) is 46.4 Å². The molecule has 5 heteroatoms. The SMILES string of the molecule is COc1ccc(F)cc1C(=O)CCCC(=O)N1CC1. The maximum Gasteiger partial charge on any atom is 0.222 e. The number of hydrogen-bond acceptors (Lipinski definition) is 3. The summed E-state index contributed by atoms with van der Waals surface area (Å²) in [6, 6.07) is 3.86. The highest BCUT2D eigenvalue weighted by Gasteiger charge is 2.23. The quantitative estimate of drug-likeness (QED) is 0.584. The van der Waals surface area contributed by atoms with Gasteiger partial charge in [0.05, 0.1) is 12.7 Å². The van der Waals surface area contributed by atoms with Gasteiger partial charge in [0, 0.05) is 25.9 Å². The van der Waals surface area contributed by atoms with Crippen molar-refractivity contribution in [3.05, 3.63) is 29.6 Å². The molecule has 2 rings (SSSR count). The third-order valence-electron chi connectivity index (χ3n) is 3.06. The first-order valence-electron chi connectivity index (χ1n) is 6.26. The molecule has 102 valence electrons. The van der Waals surface area contributed by atoms with Gasteiger partial charge in [-0.25, -0.2) is 4.39 Å². The Morgan fingerprint density at radius 1 is 1.32 bits per heavy atom. The van der Waals surface area contributed by atoms with Gasteiger partial charge in [-0.2, -0.15) is 0 Å². The maximum absolute atomic E-state index is 13.1. The van der Waals surface area contributed by atoms with Gasteiger partial charge in [-0.3, -0.25) is 9.59 Å². The smallest absolute Gasteiger partial charge is 0.222 e. The minimum absolute atomic E-state index is 0.0824. The number of Topliss-reactive ketones (excluding diaryl/α,β-unsaturated/α-hetero) is 1. The van der Waals surface area contributed by atoms with E-state index in [1.54, 1.807) is 4.90 Å². The lowest BCUT2D eigenvalue weighted by Crippen LogP contribution is -2.11. The molecule has 0 aromatic heterocycles. The van der Waals surface area contributed by atoms with Gasteiger partial charge in [0.1, 0.15) is 11.6 Å². The van der Waals surface area contributed by atoms with E-state index >= 15 is 0 Å². The van der Waals surface area contributed by atoms with Crippen LogP contribution in [0.3, 0.4) is 0 Å². The molecule has 19 heavy (non-hydrogen) atoms. The standard InChI is InChI=1S/C14H16FNO3/c1-19-13-6-5-10(15)9-11(13)12(17)3-2-4-14(18)16-7-8-16/h5-6,9H,2-4,7-8H2,1H3. The molecule has 0 radical (unpaired) electrons. The molecule has 0 saturated carbocycles. The van der Waals surface area contributed by atoms with Crippen LogP contribution in [-0.2, 0) is 4.79 Å². The second kappa shape index (κ2) is 5.82. The summed E-state index contributed by atoms with van der Waals surface area (Å²) < 4.78 is 18.2. The average Bonchev–Trinajstić information content (AvgIpc) is 3.22. The average molecular weight is 265 g/mol. The van der Waals surface area contributed by atoms with Crippen molar-refractivity contribution in [2.75, 3.05) is 20.2 Å². The fourth-order valence-corrected chi connectivity index (χ4v) is 1.89. The first-order valence-corrected chi connectivity index (χ1v) is 6.26. The molecular weight excluding hydrogens is 249 g/mol. The number of ether oxygens (including phenoxy) is 1. The summed E-state index contributed by atoms with van der Waals surface area (Å²) >= 11 is 0. The van der Waals surface area contributed by atoms with E-state index in [0.717, 1.165) is 13.1 Å². The predicted octanol–water partition coefficient (Wildman–Crippen LogP) is 2.03. The molecule has 0 N–H and O–H groups in total. The summed E-state index contributed by atoms with van der Waals surface area (Å²) in [5.41, 5.74) is 0.238. The minimum Gasteiger partial charge on any atom is -0.496 e. The molecule has 0 atom stereocenters. The number of hydrogen-bond donors (Lipinski definition) is 0. The van der Waals surface area contributed by atoms with Crippen LogP contribution in [0.25, 0.3) is 0 Å². The largest absolute Gasteiger partial charge is 0.496 e. The van der Waals surface area contributed by atoms with Crippen LogP contribution in [0.5, 0.6) is 5.75 Å². The second-order valence-electron chi connectivity index (χ2n) is 4.50. The molecule has 0 bridgehead atoms. The number of carbonyl (C=O) groups is 2. The van der Waals surface area contributed by atoms with Crippen LogP contribution < -0.4 is 4.74 Å². The van der Waals surface area contributed by atoms with Gasteiger partial charge in [-0.05, 0) is 24.6 Å². The molecule has 1 aromatic carbocycles. The zero-order valence-electron chi connectivity index (χ0n) is 10.8. The first-order chi connectivity index (χ1) is 9.11. The van der Waals surface area contributed by atoms with E-state index < -0.39 is 5.82 Å². The van der Waals surface area contributed by atoms with Crippen molar-refractivity contribution in [2.24, 2.45) is 0 Å². The van der Waals surface area contributed by atoms with Gasteiger partial charge >= 0.3 is 0 Å². The van der Waals surface area contributed by atoms with Crippen molar-refractivity contribution in [2.45, 2.75) is 19.3 Å². The molecular formula is C14H16FNO3. The Hall–Kier alpha value is -1.91. The maximum atomic E-state index is 13.1. The summed E-state index contributed by atoms with van der Waals surface area (Å²) in [6.45, 7) is 1.65. The molecule has 0 aliphatic carbocycles. The Morgan fingerprint density at radius 3 is 2.68 bits per heavy atom. The molecule has 1 heterocycles. The lowest BCUT2D eigenvalue weighted by Gasteiger charge is -2.07. The van der Waals surface area contributed by atoms with E-state index in [9.17, 15) is 14.0 Å². The van der Waals surface area contributed by atoms with E-state index in [-0.39, 0.29) is 23.7 Å². The zero-order chi connectivity index (χ0) is 13.8. The normalized spacial score (nSPS) is 13.3. The summed E-state index contributed by atoms with van der Waals surface area (Å²) in [4.78, 5) is 25.1. The molecule has 1 saturated heterocycles. The van der Waals surface area contributed by atoms with Crippen LogP contribution in [0, 0.1) is 5.82 Å². The molecule has 1 amide bonds. The number of rotatable bonds is 6. The van der Waals surface area contributed by atoms with Crippen LogP contribution in [-0.4, -0.2) is 36.8 Å². The molecule has 0 unspecified atom stereocenters. The van der Waals surface area contributed by atoms with Crippen LogP contribution in [0.1, 0.15) is 29.6 Å². The Balaban J connectivity index is 1.91. The summed E-state index contributed by atoms with van der Waals surface area (Å²) in [6.07, 6.45) is 1.07. The van der Waals surface area contributed by atoms with Gasteiger partial charge in [0.25, 0.3) is 0 Å². The van der Waals surface area contributed by atoms with E-state index in [2.05, 4.69) is 0 Å².